The number of methoxy groups -OCH3 is 1. The van der Waals surface area contributed by atoms with E-state index in [1.807, 2.05) is 30.3 Å². The molecule has 2 N–H and O–H groups in total. The molecule has 0 aliphatic heterocycles. The number of amides is 2. The maximum absolute atomic E-state index is 12.0. The van der Waals surface area contributed by atoms with E-state index >= 15 is 0 Å². The Morgan fingerprint density at radius 3 is 2.24 bits per heavy atom. The van der Waals surface area contributed by atoms with Crippen molar-refractivity contribution in [1.82, 2.24) is 10.7 Å². The van der Waals surface area contributed by atoms with Crippen molar-refractivity contribution in [3.05, 3.63) is 58.6 Å². The number of nitrogens with one attached hydrogen (secondary N) is 2. The largest absolute Gasteiger partial charge is 0.493 e. The van der Waals surface area contributed by atoms with Crippen LogP contribution in [0.4, 0.5) is 0 Å². The van der Waals surface area contributed by atoms with Crippen molar-refractivity contribution in [2.75, 3.05) is 13.7 Å². The molecule has 0 saturated carbocycles. The van der Waals surface area contributed by atoms with Gasteiger partial charge in [0.2, 0.25) is 5.91 Å². The van der Waals surface area contributed by atoms with Crippen molar-refractivity contribution < 1.29 is 19.1 Å². The second kappa shape index (κ2) is 18.2. The van der Waals surface area contributed by atoms with Gasteiger partial charge in [0.05, 0.1) is 19.9 Å². The molecule has 2 rings (SSSR count). The lowest BCUT2D eigenvalue weighted by Crippen LogP contribution is -2.34. The van der Waals surface area contributed by atoms with E-state index in [4.69, 9.17) is 21.1 Å². The molecular formula is C29H40ClN3O4. The van der Waals surface area contributed by atoms with E-state index in [1.165, 1.54) is 44.7 Å². The molecule has 2 aromatic carbocycles. The van der Waals surface area contributed by atoms with Gasteiger partial charge in [-0.05, 0) is 47.9 Å². The molecule has 0 atom stereocenters. The Balaban J connectivity index is 1.63. The Bertz CT molecular complexity index is 980. The first-order valence-corrected chi connectivity index (χ1v) is 13.5. The van der Waals surface area contributed by atoms with Gasteiger partial charge in [0.25, 0.3) is 5.91 Å². The first-order chi connectivity index (χ1) is 18.0. The summed E-state index contributed by atoms with van der Waals surface area (Å²) in [6.45, 7) is 2.50. The highest BCUT2D eigenvalue weighted by molar-refractivity contribution is 6.30. The summed E-state index contributed by atoms with van der Waals surface area (Å²) in [5, 5.41) is 7.28. The molecule has 37 heavy (non-hydrogen) atoms. The maximum atomic E-state index is 12.0. The predicted octanol–water partition coefficient (Wildman–Crippen LogP) is 6.41. The summed E-state index contributed by atoms with van der Waals surface area (Å²) in [6.07, 6.45) is 12.7. The smallest absolute Gasteiger partial charge is 0.259 e. The van der Waals surface area contributed by atoms with Gasteiger partial charge in [0.1, 0.15) is 6.61 Å². The van der Waals surface area contributed by atoms with Gasteiger partial charge in [-0.2, -0.15) is 5.10 Å². The number of ether oxygens (including phenoxy) is 2. The highest BCUT2D eigenvalue weighted by atomic mass is 35.5. The second-order valence-electron chi connectivity index (χ2n) is 8.97. The Kier molecular flexibility index (Phi) is 14.9. The van der Waals surface area contributed by atoms with Crippen LogP contribution in [0.15, 0.2) is 47.6 Å². The van der Waals surface area contributed by atoms with Crippen LogP contribution in [0.3, 0.4) is 0 Å². The van der Waals surface area contributed by atoms with Gasteiger partial charge in [0, 0.05) is 11.4 Å². The van der Waals surface area contributed by atoms with Gasteiger partial charge in [-0.15, -0.1) is 0 Å². The molecule has 2 aromatic rings. The number of unbranched alkanes of at least 4 members (excludes halogenated alkanes) is 8. The van der Waals surface area contributed by atoms with Gasteiger partial charge in [0.15, 0.2) is 11.5 Å². The lowest BCUT2D eigenvalue weighted by atomic mass is 10.1. The van der Waals surface area contributed by atoms with E-state index in [-0.39, 0.29) is 18.4 Å². The third kappa shape index (κ3) is 13.2. The lowest BCUT2D eigenvalue weighted by molar-refractivity contribution is -0.126. The number of rotatable bonds is 18. The van der Waals surface area contributed by atoms with Crippen LogP contribution >= 0.6 is 11.6 Å². The minimum absolute atomic E-state index is 0.103. The Labute approximate surface area is 226 Å². The second-order valence-corrected chi connectivity index (χ2v) is 9.41. The highest BCUT2D eigenvalue weighted by Crippen LogP contribution is 2.28. The zero-order valence-corrected chi connectivity index (χ0v) is 22.8. The van der Waals surface area contributed by atoms with E-state index in [9.17, 15) is 9.59 Å². The number of hydrazone groups is 1. The SMILES string of the molecule is CCCCCCCCCCCC(=O)NCC(=O)N/N=C/c1ccc(OCc2ccc(Cl)cc2)c(OC)c1. The van der Waals surface area contributed by atoms with E-state index in [2.05, 4.69) is 22.8 Å². The third-order valence-electron chi connectivity index (χ3n) is 5.85. The standard InChI is InChI=1S/C29H40ClN3O4/c1-3-4-5-6-7-8-9-10-11-12-28(34)31-21-29(35)33-32-20-24-15-18-26(27(19-24)36-2)37-22-23-13-16-25(30)17-14-23/h13-20H,3-12,21-22H2,1-2H3,(H,31,34)(H,33,35)/b32-20+. The summed E-state index contributed by atoms with van der Waals surface area (Å²) in [6, 6.07) is 12.8. The van der Waals surface area contributed by atoms with Crippen molar-refractivity contribution >= 4 is 29.6 Å². The monoisotopic (exact) mass is 529 g/mol. The Hall–Kier alpha value is -3.06. The molecule has 0 aromatic heterocycles. The van der Waals surface area contributed by atoms with Crippen LogP contribution in [0.2, 0.25) is 5.02 Å². The molecular weight excluding hydrogens is 490 g/mol. The number of hydrogen-bond acceptors (Lipinski definition) is 5. The van der Waals surface area contributed by atoms with Crippen molar-refractivity contribution in [2.45, 2.75) is 77.7 Å². The number of carbonyl (C=O) groups excluding carboxylic acids is 2. The van der Waals surface area contributed by atoms with Crippen molar-refractivity contribution in [2.24, 2.45) is 5.10 Å². The summed E-state index contributed by atoms with van der Waals surface area (Å²) in [5.74, 6) is 0.647. The molecule has 0 radical (unpaired) electrons. The summed E-state index contributed by atoms with van der Waals surface area (Å²) >= 11 is 5.91. The van der Waals surface area contributed by atoms with Crippen LogP contribution in [0.1, 0.15) is 82.3 Å². The van der Waals surface area contributed by atoms with E-state index in [1.54, 1.807) is 19.2 Å². The summed E-state index contributed by atoms with van der Waals surface area (Å²) in [4.78, 5) is 23.9. The average molecular weight is 530 g/mol. The number of nitrogens with zero attached hydrogens (tertiary/aromatic N) is 1. The molecule has 0 fully saturated rings. The van der Waals surface area contributed by atoms with Crippen molar-refractivity contribution in [3.63, 3.8) is 0 Å². The molecule has 7 nitrogen and oxygen atoms in total. The quantitative estimate of drug-likeness (QED) is 0.132. The number of benzene rings is 2. The predicted molar refractivity (Wildman–Crippen MR) is 149 cm³/mol. The van der Waals surface area contributed by atoms with Crippen LogP contribution in [0.25, 0.3) is 0 Å². The molecule has 0 aliphatic carbocycles. The first kappa shape index (κ1) is 30.2. The van der Waals surface area contributed by atoms with Gasteiger partial charge in [-0.25, -0.2) is 5.43 Å². The fourth-order valence-corrected chi connectivity index (χ4v) is 3.83. The molecule has 0 spiro atoms. The lowest BCUT2D eigenvalue weighted by Gasteiger charge is -2.11. The molecule has 2 amide bonds. The topological polar surface area (TPSA) is 89.0 Å². The summed E-state index contributed by atoms with van der Waals surface area (Å²) in [5.41, 5.74) is 4.14. The van der Waals surface area contributed by atoms with E-state index in [0.717, 1.165) is 30.4 Å². The van der Waals surface area contributed by atoms with Gasteiger partial charge in [-0.1, -0.05) is 82.0 Å². The van der Waals surface area contributed by atoms with E-state index in [0.29, 0.717) is 29.5 Å². The number of hydrogen-bond donors (Lipinski definition) is 2. The first-order valence-electron chi connectivity index (χ1n) is 13.2. The molecule has 0 saturated heterocycles. The Morgan fingerprint density at radius 1 is 0.892 bits per heavy atom. The molecule has 0 heterocycles. The molecule has 202 valence electrons. The average Bonchev–Trinajstić information content (AvgIpc) is 2.91. The fourth-order valence-electron chi connectivity index (χ4n) is 3.71. The van der Waals surface area contributed by atoms with Crippen LogP contribution in [-0.2, 0) is 16.2 Å². The third-order valence-corrected chi connectivity index (χ3v) is 6.10. The van der Waals surface area contributed by atoms with Gasteiger partial charge >= 0.3 is 0 Å². The minimum Gasteiger partial charge on any atom is -0.493 e. The van der Waals surface area contributed by atoms with E-state index < -0.39 is 0 Å². The maximum Gasteiger partial charge on any atom is 0.259 e. The molecule has 8 heteroatoms. The summed E-state index contributed by atoms with van der Waals surface area (Å²) < 4.78 is 11.3. The normalized spacial score (nSPS) is 10.9. The number of carbonyl (C=O) groups is 2. The molecule has 0 unspecified atom stereocenters. The Morgan fingerprint density at radius 2 is 1.57 bits per heavy atom. The summed E-state index contributed by atoms with van der Waals surface area (Å²) in [7, 11) is 1.56. The van der Waals surface area contributed by atoms with Crippen LogP contribution in [0, 0.1) is 0 Å². The van der Waals surface area contributed by atoms with Crippen molar-refractivity contribution in [1.29, 1.82) is 0 Å². The zero-order chi connectivity index (χ0) is 26.7. The van der Waals surface area contributed by atoms with Gasteiger partial charge < -0.3 is 14.8 Å². The van der Waals surface area contributed by atoms with Gasteiger partial charge in [-0.3, -0.25) is 9.59 Å². The minimum atomic E-state index is -0.383. The molecule has 0 bridgehead atoms. The van der Waals surface area contributed by atoms with Crippen LogP contribution in [-0.4, -0.2) is 31.7 Å². The zero-order valence-electron chi connectivity index (χ0n) is 22.1. The van der Waals surface area contributed by atoms with Crippen LogP contribution < -0.4 is 20.2 Å². The van der Waals surface area contributed by atoms with Crippen LogP contribution in [0.5, 0.6) is 11.5 Å². The number of halogens is 1. The van der Waals surface area contributed by atoms with Crippen molar-refractivity contribution in [3.8, 4) is 11.5 Å². The fraction of sp³-hybridized carbons (Fsp3) is 0.483. The highest BCUT2D eigenvalue weighted by Gasteiger charge is 2.07. The molecule has 0 aliphatic rings.